The van der Waals surface area contributed by atoms with E-state index < -0.39 is 11.5 Å². The maximum absolute atomic E-state index is 13.1. The van der Waals surface area contributed by atoms with Gasteiger partial charge in [0, 0.05) is 19.3 Å². The molecule has 1 atom stereocenters. The molecule has 3 aromatic rings. The van der Waals surface area contributed by atoms with Crippen LogP contribution in [0.5, 0.6) is 11.6 Å². The lowest BCUT2D eigenvalue weighted by Gasteiger charge is -2.11. The predicted molar refractivity (Wildman–Crippen MR) is 114 cm³/mol. The van der Waals surface area contributed by atoms with E-state index >= 15 is 0 Å². The normalized spacial score (nSPS) is 16.1. The summed E-state index contributed by atoms with van der Waals surface area (Å²) < 4.78 is 12.7. The fourth-order valence-electron chi connectivity index (χ4n) is 3.28. The Labute approximate surface area is 178 Å². The van der Waals surface area contributed by atoms with Gasteiger partial charge in [-0.25, -0.2) is 0 Å². The highest BCUT2D eigenvalue weighted by molar-refractivity contribution is 6.01. The Bertz CT molecular complexity index is 1220. The zero-order valence-electron chi connectivity index (χ0n) is 16.7. The van der Waals surface area contributed by atoms with Crippen molar-refractivity contribution in [3.8, 4) is 17.7 Å². The molecule has 1 aromatic carbocycles. The number of para-hydroxylation sites is 1. The van der Waals surface area contributed by atoms with Crippen LogP contribution in [-0.4, -0.2) is 34.5 Å². The largest absolute Gasteiger partial charge is 0.438 e. The number of carbonyl (C=O) groups is 1. The molecule has 1 saturated heterocycles. The Morgan fingerprint density at radius 1 is 1.29 bits per heavy atom. The van der Waals surface area contributed by atoms with Gasteiger partial charge in [-0.15, -0.1) is 0 Å². The minimum atomic E-state index is -0.582. The monoisotopic (exact) mass is 416 g/mol. The van der Waals surface area contributed by atoms with E-state index in [0.717, 1.165) is 12.8 Å². The molecule has 1 aliphatic heterocycles. The van der Waals surface area contributed by atoms with Gasteiger partial charge >= 0.3 is 0 Å². The Morgan fingerprint density at radius 3 is 2.84 bits per heavy atom. The molecule has 3 heterocycles. The van der Waals surface area contributed by atoms with Crippen molar-refractivity contribution in [3.63, 3.8) is 0 Å². The highest BCUT2D eigenvalue weighted by atomic mass is 16.5. The van der Waals surface area contributed by atoms with Crippen molar-refractivity contribution >= 4 is 17.6 Å². The average Bonchev–Trinajstić information content (AvgIpc) is 3.32. The van der Waals surface area contributed by atoms with Crippen molar-refractivity contribution in [2.45, 2.75) is 18.9 Å². The van der Waals surface area contributed by atoms with Gasteiger partial charge in [0.2, 0.25) is 5.88 Å². The minimum Gasteiger partial charge on any atom is -0.438 e. The van der Waals surface area contributed by atoms with Crippen molar-refractivity contribution < 1.29 is 14.3 Å². The molecule has 0 spiro atoms. The number of ether oxygens (including phenoxy) is 2. The first kappa shape index (κ1) is 20.3. The van der Waals surface area contributed by atoms with Gasteiger partial charge in [0.1, 0.15) is 28.6 Å². The second-order valence-electron chi connectivity index (χ2n) is 6.99. The highest BCUT2D eigenvalue weighted by Gasteiger charge is 2.20. The third-order valence-electron chi connectivity index (χ3n) is 4.86. The van der Waals surface area contributed by atoms with E-state index in [1.807, 2.05) is 12.1 Å². The van der Waals surface area contributed by atoms with E-state index in [0.29, 0.717) is 24.5 Å². The number of aromatic nitrogens is 2. The number of hydrogen-bond donors (Lipinski definition) is 1. The molecular formula is C23H20N4O4. The third kappa shape index (κ3) is 4.63. The molecule has 31 heavy (non-hydrogen) atoms. The molecule has 4 rings (SSSR count). The van der Waals surface area contributed by atoms with E-state index in [4.69, 9.17) is 9.47 Å². The van der Waals surface area contributed by atoms with Crippen LogP contribution in [0, 0.1) is 11.3 Å². The molecule has 0 unspecified atom stereocenters. The van der Waals surface area contributed by atoms with Crippen molar-refractivity contribution in [3.05, 3.63) is 76.2 Å². The molecule has 1 amide bonds. The fourth-order valence-corrected chi connectivity index (χ4v) is 3.28. The first-order chi connectivity index (χ1) is 15.2. The Kier molecular flexibility index (Phi) is 6.05. The zero-order chi connectivity index (χ0) is 21.6. The van der Waals surface area contributed by atoms with Crippen LogP contribution < -0.4 is 15.6 Å². The van der Waals surface area contributed by atoms with E-state index in [1.54, 1.807) is 48.7 Å². The SMILES string of the molecule is N#C/C(=C/c1c(Oc2ccccc2)nc2ccccn2c1=O)C(=O)NC[C@@H]1CCCO1. The van der Waals surface area contributed by atoms with Gasteiger partial charge in [0.25, 0.3) is 11.5 Å². The number of rotatable bonds is 6. The Hall–Kier alpha value is -3.96. The van der Waals surface area contributed by atoms with Crippen LogP contribution in [0.3, 0.4) is 0 Å². The highest BCUT2D eigenvalue weighted by Crippen LogP contribution is 2.23. The number of hydrogen-bond acceptors (Lipinski definition) is 6. The predicted octanol–water partition coefficient (Wildman–Crippen LogP) is 2.69. The quantitative estimate of drug-likeness (QED) is 0.489. The molecule has 2 aromatic heterocycles. The second-order valence-corrected chi connectivity index (χ2v) is 6.99. The van der Waals surface area contributed by atoms with Crippen LogP contribution in [0.25, 0.3) is 11.7 Å². The second kappa shape index (κ2) is 9.24. The van der Waals surface area contributed by atoms with Gasteiger partial charge < -0.3 is 14.8 Å². The summed E-state index contributed by atoms with van der Waals surface area (Å²) in [5.41, 5.74) is -0.268. The molecule has 0 aliphatic carbocycles. The molecule has 0 saturated carbocycles. The molecule has 1 aliphatic rings. The Balaban J connectivity index is 1.72. The molecular weight excluding hydrogens is 396 g/mol. The number of nitriles is 1. The topological polar surface area (TPSA) is 106 Å². The van der Waals surface area contributed by atoms with Crippen LogP contribution in [0.2, 0.25) is 0 Å². The number of pyridine rings is 1. The molecule has 0 radical (unpaired) electrons. The summed E-state index contributed by atoms with van der Waals surface area (Å²) >= 11 is 0. The maximum Gasteiger partial charge on any atom is 0.269 e. The molecule has 156 valence electrons. The summed E-state index contributed by atoms with van der Waals surface area (Å²) in [5, 5.41) is 12.3. The number of nitrogens with zero attached hydrogens (tertiary/aromatic N) is 3. The molecule has 8 heteroatoms. The number of benzene rings is 1. The van der Waals surface area contributed by atoms with E-state index in [9.17, 15) is 14.9 Å². The van der Waals surface area contributed by atoms with Gasteiger partial charge in [0.15, 0.2) is 0 Å². The van der Waals surface area contributed by atoms with Gasteiger partial charge in [-0.05, 0) is 43.2 Å². The van der Waals surface area contributed by atoms with Gasteiger partial charge in [-0.3, -0.25) is 14.0 Å². The van der Waals surface area contributed by atoms with E-state index in [1.165, 1.54) is 10.5 Å². The molecule has 8 nitrogen and oxygen atoms in total. The summed E-state index contributed by atoms with van der Waals surface area (Å²) in [6, 6.07) is 15.9. The minimum absolute atomic E-state index is 0.0105. The van der Waals surface area contributed by atoms with Crippen molar-refractivity contribution in [1.29, 1.82) is 5.26 Å². The molecule has 0 bridgehead atoms. The standard InChI is InChI=1S/C23H20N4O4/c24-14-16(21(28)25-15-18-9-6-12-30-18)13-19-22(31-17-7-2-1-3-8-17)26-20-10-4-5-11-27(20)23(19)29/h1-5,7-8,10-11,13,18H,6,9,12,15H2,(H,25,28)/b16-13-/t18-/m0/s1. The lowest BCUT2D eigenvalue weighted by atomic mass is 10.1. The van der Waals surface area contributed by atoms with Crippen molar-refractivity contribution in [2.24, 2.45) is 0 Å². The van der Waals surface area contributed by atoms with E-state index in [-0.39, 0.29) is 23.1 Å². The number of carbonyl (C=O) groups excluding carboxylic acids is 1. The zero-order valence-corrected chi connectivity index (χ0v) is 16.7. The van der Waals surface area contributed by atoms with Crippen LogP contribution in [-0.2, 0) is 9.53 Å². The van der Waals surface area contributed by atoms with Gasteiger partial charge in [-0.1, -0.05) is 24.3 Å². The summed E-state index contributed by atoms with van der Waals surface area (Å²) in [5.74, 6) is -0.0889. The average molecular weight is 416 g/mol. The van der Waals surface area contributed by atoms with Crippen molar-refractivity contribution in [2.75, 3.05) is 13.2 Å². The van der Waals surface area contributed by atoms with Gasteiger partial charge in [0.05, 0.1) is 6.10 Å². The molecule has 1 fully saturated rings. The summed E-state index contributed by atoms with van der Waals surface area (Å²) in [6.07, 6.45) is 4.53. The first-order valence-electron chi connectivity index (χ1n) is 9.91. The summed E-state index contributed by atoms with van der Waals surface area (Å²) in [4.78, 5) is 30.1. The van der Waals surface area contributed by atoms with E-state index in [2.05, 4.69) is 10.3 Å². The Morgan fingerprint density at radius 2 is 2.10 bits per heavy atom. The maximum atomic E-state index is 13.1. The number of nitrogens with one attached hydrogen (secondary N) is 1. The summed E-state index contributed by atoms with van der Waals surface area (Å²) in [6.45, 7) is 0.974. The van der Waals surface area contributed by atoms with Crippen LogP contribution >= 0.6 is 0 Å². The lowest BCUT2D eigenvalue weighted by molar-refractivity contribution is -0.117. The van der Waals surface area contributed by atoms with Crippen molar-refractivity contribution in [1.82, 2.24) is 14.7 Å². The number of fused-ring (bicyclic) bond motifs is 1. The number of amides is 1. The fraction of sp³-hybridized carbons (Fsp3) is 0.217. The van der Waals surface area contributed by atoms with Gasteiger partial charge in [-0.2, -0.15) is 10.2 Å². The van der Waals surface area contributed by atoms with Crippen LogP contribution in [0.4, 0.5) is 0 Å². The lowest BCUT2D eigenvalue weighted by Crippen LogP contribution is -2.32. The molecule has 1 N–H and O–H groups in total. The first-order valence-corrected chi connectivity index (χ1v) is 9.91. The smallest absolute Gasteiger partial charge is 0.269 e. The third-order valence-corrected chi connectivity index (χ3v) is 4.86. The van der Waals surface area contributed by atoms with Crippen LogP contribution in [0.1, 0.15) is 18.4 Å². The van der Waals surface area contributed by atoms with Crippen LogP contribution in [0.15, 0.2) is 65.1 Å². The summed E-state index contributed by atoms with van der Waals surface area (Å²) in [7, 11) is 0.